The van der Waals surface area contributed by atoms with Crippen LogP contribution in [0.3, 0.4) is 0 Å². The van der Waals surface area contributed by atoms with Gasteiger partial charge in [0.2, 0.25) is 0 Å². The maximum atomic E-state index is 5.95. The summed E-state index contributed by atoms with van der Waals surface area (Å²) in [4.78, 5) is 2.52. The molecular formula is C13H18BrClN2. The van der Waals surface area contributed by atoms with E-state index < -0.39 is 0 Å². The standard InChI is InChI=1S/C13H18BrClN2/c14-12-9-11(3-4-13(12)15)10-16-5-8-17-6-1-2-7-17/h3-4,9,16H,1-2,5-8,10H2. The lowest BCUT2D eigenvalue weighted by Gasteiger charge is -2.14. The molecule has 1 N–H and O–H groups in total. The van der Waals surface area contributed by atoms with Crippen LogP contribution >= 0.6 is 27.5 Å². The summed E-state index contributed by atoms with van der Waals surface area (Å²) in [7, 11) is 0. The molecule has 0 bridgehead atoms. The first kappa shape index (κ1) is 13.3. The Morgan fingerprint density at radius 1 is 1.29 bits per heavy atom. The third-order valence-electron chi connectivity index (χ3n) is 3.12. The SMILES string of the molecule is Clc1ccc(CNCCN2CCCC2)cc1Br. The quantitative estimate of drug-likeness (QED) is 0.838. The summed E-state index contributed by atoms with van der Waals surface area (Å²) in [6, 6.07) is 6.07. The Labute approximate surface area is 116 Å². The van der Waals surface area contributed by atoms with Crippen LogP contribution in [0.25, 0.3) is 0 Å². The van der Waals surface area contributed by atoms with Crippen molar-refractivity contribution in [2.75, 3.05) is 26.2 Å². The Balaban J connectivity index is 1.68. The van der Waals surface area contributed by atoms with Crippen LogP contribution in [0.1, 0.15) is 18.4 Å². The maximum Gasteiger partial charge on any atom is 0.0548 e. The Kier molecular flexibility index (Phi) is 5.29. The molecule has 1 heterocycles. The smallest absolute Gasteiger partial charge is 0.0548 e. The number of nitrogens with one attached hydrogen (secondary N) is 1. The van der Waals surface area contributed by atoms with Crippen LogP contribution in [0.4, 0.5) is 0 Å². The van der Waals surface area contributed by atoms with E-state index in [0.717, 1.165) is 29.1 Å². The van der Waals surface area contributed by atoms with Crippen molar-refractivity contribution in [2.45, 2.75) is 19.4 Å². The summed E-state index contributed by atoms with van der Waals surface area (Å²) in [6.45, 7) is 5.67. The molecule has 0 saturated carbocycles. The van der Waals surface area contributed by atoms with Crippen molar-refractivity contribution in [2.24, 2.45) is 0 Å². The number of likely N-dealkylation sites (tertiary alicyclic amines) is 1. The summed E-state index contributed by atoms with van der Waals surface area (Å²) >= 11 is 9.40. The summed E-state index contributed by atoms with van der Waals surface area (Å²) in [5, 5.41) is 4.24. The Bertz CT molecular complexity index is 364. The minimum absolute atomic E-state index is 0.769. The van der Waals surface area contributed by atoms with E-state index in [-0.39, 0.29) is 0 Å². The molecule has 0 amide bonds. The number of hydrogen-bond acceptors (Lipinski definition) is 2. The van der Waals surface area contributed by atoms with Crippen LogP contribution in [-0.2, 0) is 6.54 Å². The second-order valence-electron chi connectivity index (χ2n) is 4.47. The molecule has 0 aromatic heterocycles. The van der Waals surface area contributed by atoms with Gasteiger partial charge in [-0.2, -0.15) is 0 Å². The molecule has 4 heteroatoms. The molecule has 1 aromatic carbocycles. The molecule has 2 nitrogen and oxygen atoms in total. The molecule has 1 fully saturated rings. The average Bonchev–Trinajstić information content (AvgIpc) is 2.82. The second kappa shape index (κ2) is 6.74. The first-order valence-electron chi connectivity index (χ1n) is 6.13. The summed E-state index contributed by atoms with van der Waals surface area (Å²) in [6.07, 6.45) is 2.73. The first-order chi connectivity index (χ1) is 8.25. The van der Waals surface area contributed by atoms with Gasteiger partial charge in [-0.25, -0.2) is 0 Å². The molecule has 0 unspecified atom stereocenters. The van der Waals surface area contributed by atoms with Crippen LogP contribution in [0.15, 0.2) is 22.7 Å². The highest BCUT2D eigenvalue weighted by molar-refractivity contribution is 9.10. The monoisotopic (exact) mass is 316 g/mol. The van der Waals surface area contributed by atoms with Gasteiger partial charge in [0.25, 0.3) is 0 Å². The largest absolute Gasteiger partial charge is 0.311 e. The van der Waals surface area contributed by atoms with Crippen LogP contribution in [0.5, 0.6) is 0 Å². The van der Waals surface area contributed by atoms with Crippen molar-refractivity contribution >= 4 is 27.5 Å². The van der Waals surface area contributed by atoms with E-state index in [2.05, 4.69) is 38.3 Å². The Morgan fingerprint density at radius 2 is 2.06 bits per heavy atom. The van der Waals surface area contributed by atoms with Crippen molar-refractivity contribution in [1.29, 1.82) is 0 Å². The van der Waals surface area contributed by atoms with Gasteiger partial charge in [0.15, 0.2) is 0 Å². The topological polar surface area (TPSA) is 15.3 Å². The highest BCUT2D eigenvalue weighted by Crippen LogP contribution is 2.23. The molecule has 1 aromatic rings. The Hall–Kier alpha value is -0.0900. The molecule has 0 spiro atoms. The fourth-order valence-corrected chi connectivity index (χ4v) is 2.67. The molecule has 94 valence electrons. The first-order valence-corrected chi connectivity index (χ1v) is 7.30. The van der Waals surface area contributed by atoms with Gasteiger partial charge in [-0.3, -0.25) is 0 Å². The van der Waals surface area contributed by atoms with E-state index in [9.17, 15) is 0 Å². The molecule has 1 saturated heterocycles. The van der Waals surface area contributed by atoms with E-state index in [4.69, 9.17) is 11.6 Å². The molecule has 2 rings (SSSR count). The maximum absolute atomic E-state index is 5.95. The van der Waals surface area contributed by atoms with Crippen LogP contribution < -0.4 is 5.32 Å². The molecule has 0 atom stereocenters. The van der Waals surface area contributed by atoms with Gasteiger partial charge in [-0.1, -0.05) is 17.7 Å². The van der Waals surface area contributed by atoms with E-state index in [1.807, 2.05) is 6.07 Å². The zero-order chi connectivity index (χ0) is 12.1. The summed E-state index contributed by atoms with van der Waals surface area (Å²) in [5.41, 5.74) is 1.27. The van der Waals surface area contributed by atoms with Gasteiger partial charge in [-0.05, 0) is 59.6 Å². The van der Waals surface area contributed by atoms with Gasteiger partial charge in [0.1, 0.15) is 0 Å². The van der Waals surface area contributed by atoms with Gasteiger partial charge >= 0.3 is 0 Å². The van der Waals surface area contributed by atoms with Gasteiger partial charge in [0, 0.05) is 24.1 Å². The van der Waals surface area contributed by atoms with Crippen molar-refractivity contribution in [3.05, 3.63) is 33.3 Å². The fourth-order valence-electron chi connectivity index (χ4n) is 2.13. The lowest BCUT2D eigenvalue weighted by atomic mass is 10.2. The number of hydrogen-bond donors (Lipinski definition) is 1. The van der Waals surface area contributed by atoms with Crippen LogP contribution in [-0.4, -0.2) is 31.1 Å². The van der Waals surface area contributed by atoms with Crippen molar-refractivity contribution < 1.29 is 0 Å². The van der Waals surface area contributed by atoms with E-state index in [1.165, 1.54) is 31.5 Å². The fraction of sp³-hybridized carbons (Fsp3) is 0.538. The predicted molar refractivity (Wildman–Crippen MR) is 76.5 cm³/mol. The summed E-state index contributed by atoms with van der Waals surface area (Å²) < 4.78 is 0.970. The molecule has 0 radical (unpaired) electrons. The van der Waals surface area contributed by atoms with Crippen molar-refractivity contribution in [3.63, 3.8) is 0 Å². The number of nitrogens with zero attached hydrogens (tertiary/aromatic N) is 1. The zero-order valence-electron chi connectivity index (χ0n) is 9.88. The average molecular weight is 318 g/mol. The number of benzene rings is 1. The molecule has 1 aliphatic rings. The van der Waals surface area contributed by atoms with E-state index >= 15 is 0 Å². The molecule has 1 aliphatic heterocycles. The highest BCUT2D eigenvalue weighted by atomic mass is 79.9. The lowest BCUT2D eigenvalue weighted by molar-refractivity contribution is 0.335. The molecular weight excluding hydrogens is 300 g/mol. The molecule has 0 aliphatic carbocycles. The normalized spacial score (nSPS) is 16.6. The van der Waals surface area contributed by atoms with E-state index in [0.29, 0.717) is 0 Å². The third-order valence-corrected chi connectivity index (χ3v) is 4.33. The number of rotatable bonds is 5. The molecule has 17 heavy (non-hydrogen) atoms. The zero-order valence-corrected chi connectivity index (χ0v) is 12.2. The lowest BCUT2D eigenvalue weighted by Crippen LogP contribution is -2.29. The van der Waals surface area contributed by atoms with Crippen LogP contribution in [0.2, 0.25) is 5.02 Å². The Morgan fingerprint density at radius 3 is 2.76 bits per heavy atom. The van der Waals surface area contributed by atoms with Crippen molar-refractivity contribution in [1.82, 2.24) is 10.2 Å². The van der Waals surface area contributed by atoms with Gasteiger partial charge < -0.3 is 10.2 Å². The predicted octanol–water partition coefficient (Wildman–Crippen LogP) is 3.29. The number of halogens is 2. The third kappa shape index (κ3) is 4.25. The van der Waals surface area contributed by atoms with Crippen molar-refractivity contribution in [3.8, 4) is 0 Å². The van der Waals surface area contributed by atoms with Gasteiger partial charge in [0.05, 0.1) is 5.02 Å². The highest BCUT2D eigenvalue weighted by Gasteiger charge is 2.09. The minimum atomic E-state index is 0.769. The van der Waals surface area contributed by atoms with E-state index in [1.54, 1.807) is 0 Å². The van der Waals surface area contributed by atoms with Crippen LogP contribution in [0, 0.1) is 0 Å². The summed E-state index contributed by atoms with van der Waals surface area (Å²) in [5.74, 6) is 0. The second-order valence-corrected chi connectivity index (χ2v) is 5.74. The van der Waals surface area contributed by atoms with Gasteiger partial charge in [-0.15, -0.1) is 0 Å². The minimum Gasteiger partial charge on any atom is -0.311 e.